The van der Waals surface area contributed by atoms with Crippen LogP contribution in [0.4, 0.5) is 0 Å². The second kappa shape index (κ2) is 15.8. The Hall–Kier alpha value is -3.28. The van der Waals surface area contributed by atoms with Gasteiger partial charge in [0, 0.05) is 32.2 Å². The Labute approximate surface area is 273 Å². The van der Waals surface area contributed by atoms with E-state index in [1.54, 1.807) is 0 Å². The highest BCUT2D eigenvalue weighted by molar-refractivity contribution is 5.80. The molecule has 0 aromatic heterocycles. The summed E-state index contributed by atoms with van der Waals surface area (Å²) in [6, 6.07) is 20.4. The Morgan fingerprint density at radius 3 is 2.40 bits per heavy atom. The molecule has 2 aliphatic heterocycles. The van der Waals surface area contributed by atoms with Crippen molar-refractivity contribution in [2.24, 2.45) is 16.1 Å². The van der Waals surface area contributed by atoms with E-state index in [0.717, 1.165) is 70.3 Å². The van der Waals surface area contributed by atoms with E-state index in [9.17, 15) is 0 Å². The minimum Gasteiger partial charge on any atom is -0.370 e. The molecule has 3 aliphatic rings. The van der Waals surface area contributed by atoms with Gasteiger partial charge in [-0.1, -0.05) is 99.9 Å². The van der Waals surface area contributed by atoms with Gasteiger partial charge in [-0.3, -0.25) is 10.4 Å². The van der Waals surface area contributed by atoms with Crippen molar-refractivity contribution in [3.05, 3.63) is 72.3 Å². The van der Waals surface area contributed by atoms with Gasteiger partial charge in [0.2, 0.25) is 0 Å². The summed E-state index contributed by atoms with van der Waals surface area (Å²) >= 11 is 0. The van der Waals surface area contributed by atoms with Crippen molar-refractivity contribution in [3.8, 4) is 11.1 Å². The number of hydrogen-bond acceptors (Lipinski definition) is 4. The maximum Gasteiger partial charge on any atom is 0.194 e. The number of allylic oxidation sites excluding steroid dienone is 1. The van der Waals surface area contributed by atoms with Crippen molar-refractivity contribution < 1.29 is 0 Å². The van der Waals surface area contributed by atoms with Crippen LogP contribution in [0, 0.1) is 10.8 Å². The van der Waals surface area contributed by atoms with E-state index >= 15 is 0 Å². The summed E-state index contributed by atoms with van der Waals surface area (Å²) in [7, 11) is 0. The van der Waals surface area contributed by atoms with Gasteiger partial charge in [-0.15, -0.1) is 0 Å². The van der Waals surface area contributed by atoms with Crippen LogP contribution in [0.25, 0.3) is 11.1 Å². The Morgan fingerprint density at radius 2 is 1.67 bits per heavy atom. The standard InChI is InChI=1S/C39H58N6/c1-4-6-16-36-30-43(38(41)45(36)26-22-32-18-20-34(21-19-32)33-14-8-7-9-15-33)25-11-10-17-35-29-42-37(40)44(35)27-24-39(5-2)23-12-13-31(3)28-39/h7-9,14-15,18-21,35-36,41H,3-6,10-13,16-17,22-30H2,1-2H3,(H2,40,42)/t35-,36-,39?/m0/s1. The predicted molar refractivity (Wildman–Crippen MR) is 191 cm³/mol. The lowest BCUT2D eigenvalue weighted by Crippen LogP contribution is -2.43. The van der Waals surface area contributed by atoms with E-state index in [-0.39, 0.29) is 0 Å². The molecule has 45 heavy (non-hydrogen) atoms. The van der Waals surface area contributed by atoms with Gasteiger partial charge in [0.15, 0.2) is 11.9 Å². The first-order valence-corrected chi connectivity index (χ1v) is 17.9. The molecule has 2 fully saturated rings. The topological polar surface area (TPSA) is 72.0 Å². The highest BCUT2D eigenvalue weighted by Gasteiger charge is 2.35. The lowest BCUT2D eigenvalue weighted by atomic mass is 9.68. The summed E-state index contributed by atoms with van der Waals surface area (Å²) in [5, 5.41) is 9.11. The zero-order chi connectivity index (χ0) is 31.6. The quantitative estimate of drug-likeness (QED) is 0.149. The number of nitrogens with one attached hydrogen (secondary N) is 1. The summed E-state index contributed by atoms with van der Waals surface area (Å²) < 4.78 is 0. The molecule has 3 atom stereocenters. The molecular formula is C39H58N6. The molecule has 1 saturated heterocycles. The normalized spacial score (nSPS) is 23.7. The molecule has 2 aromatic carbocycles. The molecule has 0 radical (unpaired) electrons. The monoisotopic (exact) mass is 610 g/mol. The fourth-order valence-electron chi connectivity index (χ4n) is 7.98. The lowest BCUT2D eigenvalue weighted by Gasteiger charge is -2.39. The average Bonchev–Trinajstić information content (AvgIpc) is 3.57. The van der Waals surface area contributed by atoms with Crippen LogP contribution < -0.4 is 5.73 Å². The number of hydrogen-bond donors (Lipinski definition) is 2. The zero-order valence-electron chi connectivity index (χ0n) is 28.2. The third kappa shape index (κ3) is 8.51. The van der Waals surface area contributed by atoms with Crippen LogP contribution >= 0.6 is 0 Å². The Kier molecular flexibility index (Phi) is 11.6. The molecule has 1 unspecified atom stereocenters. The molecule has 0 spiro atoms. The number of unbranched alkanes of at least 4 members (excludes halogenated alkanes) is 2. The number of nitrogens with two attached hydrogens (primary N) is 1. The number of guanidine groups is 2. The van der Waals surface area contributed by atoms with E-state index in [0.29, 0.717) is 17.5 Å². The average molecular weight is 611 g/mol. The van der Waals surface area contributed by atoms with E-state index in [1.165, 1.54) is 80.1 Å². The van der Waals surface area contributed by atoms with Gasteiger partial charge in [-0.05, 0) is 86.3 Å². The van der Waals surface area contributed by atoms with Gasteiger partial charge in [0.1, 0.15) is 0 Å². The molecule has 244 valence electrons. The van der Waals surface area contributed by atoms with E-state index < -0.39 is 0 Å². The number of rotatable bonds is 16. The second-order valence-corrected chi connectivity index (χ2v) is 14.0. The van der Waals surface area contributed by atoms with Crippen molar-refractivity contribution in [2.45, 2.75) is 109 Å². The van der Waals surface area contributed by atoms with Crippen LogP contribution in [0.2, 0.25) is 0 Å². The Bertz CT molecular complexity index is 1270. The van der Waals surface area contributed by atoms with Crippen LogP contribution in [-0.2, 0) is 6.42 Å². The SMILES string of the molecule is C=C1CCCC(CC)(CCN2C(N)=NC[C@@H]2CCCCN2C[C@H](CCCC)N(CCc3ccc(-c4ccccc4)cc3)C2=N)C1. The van der Waals surface area contributed by atoms with Crippen LogP contribution in [-0.4, -0.2) is 71.4 Å². The van der Waals surface area contributed by atoms with E-state index in [1.807, 2.05) is 0 Å². The maximum absolute atomic E-state index is 9.11. The fraction of sp³-hybridized carbons (Fsp3) is 0.590. The number of benzene rings is 2. The first-order valence-electron chi connectivity index (χ1n) is 17.9. The molecule has 0 bridgehead atoms. The predicted octanol–water partition coefficient (Wildman–Crippen LogP) is 8.09. The van der Waals surface area contributed by atoms with Crippen molar-refractivity contribution >= 4 is 11.9 Å². The second-order valence-electron chi connectivity index (χ2n) is 14.0. The molecule has 2 heterocycles. The third-order valence-corrected chi connectivity index (χ3v) is 10.9. The van der Waals surface area contributed by atoms with E-state index in [4.69, 9.17) is 11.1 Å². The lowest BCUT2D eigenvalue weighted by molar-refractivity contribution is 0.169. The number of aliphatic imine (C=N–C) groups is 1. The summed E-state index contributed by atoms with van der Waals surface area (Å²) in [6.07, 6.45) is 15.3. The van der Waals surface area contributed by atoms with Crippen molar-refractivity contribution in [2.75, 3.05) is 32.7 Å². The summed E-state index contributed by atoms with van der Waals surface area (Å²) in [5.74, 6) is 1.47. The summed E-state index contributed by atoms with van der Waals surface area (Å²) in [6.45, 7) is 13.7. The van der Waals surface area contributed by atoms with Crippen LogP contribution in [0.1, 0.15) is 96.5 Å². The summed E-state index contributed by atoms with van der Waals surface area (Å²) in [5.41, 5.74) is 12.1. The van der Waals surface area contributed by atoms with Gasteiger partial charge in [0.05, 0.1) is 12.6 Å². The highest BCUT2D eigenvalue weighted by Crippen LogP contribution is 2.44. The molecular weight excluding hydrogens is 552 g/mol. The van der Waals surface area contributed by atoms with Crippen molar-refractivity contribution in [1.82, 2.24) is 14.7 Å². The first-order chi connectivity index (χ1) is 21.9. The van der Waals surface area contributed by atoms with Gasteiger partial charge < -0.3 is 20.4 Å². The van der Waals surface area contributed by atoms with Gasteiger partial charge in [-0.25, -0.2) is 0 Å². The molecule has 2 aromatic rings. The Balaban J connectivity index is 1.09. The minimum atomic E-state index is 0.394. The molecule has 6 heteroatoms. The fourth-order valence-corrected chi connectivity index (χ4v) is 7.98. The summed E-state index contributed by atoms with van der Waals surface area (Å²) in [4.78, 5) is 11.8. The van der Waals surface area contributed by atoms with Gasteiger partial charge in [-0.2, -0.15) is 0 Å². The molecule has 0 amide bonds. The highest BCUT2D eigenvalue weighted by atomic mass is 15.4. The number of nitrogens with zero attached hydrogens (tertiary/aromatic N) is 4. The van der Waals surface area contributed by atoms with Crippen LogP contribution in [0.15, 0.2) is 71.7 Å². The van der Waals surface area contributed by atoms with Crippen LogP contribution in [0.3, 0.4) is 0 Å². The van der Waals surface area contributed by atoms with Crippen molar-refractivity contribution in [1.29, 1.82) is 5.41 Å². The minimum absolute atomic E-state index is 0.394. The zero-order valence-corrected chi connectivity index (χ0v) is 28.2. The molecule has 3 N–H and O–H groups in total. The van der Waals surface area contributed by atoms with E-state index in [2.05, 4.69) is 94.7 Å². The third-order valence-electron chi connectivity index (χ3n) is 10.9. The maximum atomic E-state index is 9.11. The van der Waals surface area contributed by atoms with Crippen molar-refractivity contribution in [3.63, 3.8) is 0 Å². The van der Waals surface area contributed by atoms with Crippen LogP contribution in [0.5, 0.6) is 0 Å². The molecule has 1 aliphatic carbocycles. The first kappa shape index (κ1) is 33.1. The van der Waals surface area contributed by atoms with Gasteiger partial charge >= 0.3 is 0 Å². The van der Waals surface area contributed by atoms with Gasteiger partial charge in [0.25, 0.3) is 0 Å². The smallest absolute Gasteiger partial charge is 0.194 e. The molecule has 1 saturated carbocycles. The largest absolute Gasteiger partial charge is 0.370 e. The Morgan fingerprint density at radius 1 is 0.911 bits per heavy atom. The molecule has 5 rings (SSSR count). The molecule has 6 nitrogen and oxygen atoms in total.